The van der Waals surface area contributed by atoms with Crippen LogP contribution in [0, 0.1) is 17.0 Å². The van der Waals surface area contributed by atoms with Crippen molar-refractivity contribution in [1.29, 1.82) is 0 Å². The molecule has 4 rings (SSSR count). The number of amides is 1. The van der Waals surface area contributed by atoms with Gasteiger partial charge in [-0.15, -0.1) is 11.3 Å². The Hall–Kier alpha value is -3.52. The number of carbonyl (C=O) groups is 1. The zero-order valence-corrected chi connectivity index (χ0v) is 15.0. The van der Waals surface area contributed by atoms with Crippen molar-refractivity contribution in [2.45, 2.75) is 6.92 Å². The third-order valence-corrected chi connectivity index (χ3v) is 4.98. The quantitative estimate of drug-likeness (QED) is 0.393. The minimum absolute atomic E-state index is 0.0587. The first-order chi connectivity index (χ1) is 13.0. The molecular weight excluding hydrogens is 366 g/mol. The number of nitrogens with zero attached hydrogens (tertiary/aromatic N) is 3. The Morgan fingerprint density at radius 3 is 2.70 bits per heavy atom. The highest BCUT2D eigenvalue weighted by Crippen LogP contribution is 2.23. The van der Waals surface area contributed by atoms with Gasteiger partial charge in [0.15, 0.2) is 10.6 Å². The molecule has 0 fully saturated rings. The average Bonchev–Trinajstić information content (AvgIpc) is 3.25. The van der Waals surface area contributed by atoms with Crippen molar-refractivity contribution >= 4 is 33.9 Å². The van der Waals surface area contributed by atoms with Crippen molar-refractivity contribution in [2.75, 3.05) is 0 Å². The van der Waals surface area contributed by atoms with Crippen LogP contribution in [0.4, 0.5) is 5.69 Å². The van der Waals surface area contributed by atoms with E-state index in [1.807, 2.05) is 18.2 Å². The van der Waals surface area contributed by atoms with E-state index in [0.29, 0.717) is 16.1 Å². The van der Waals surface area contributed by atoms with Crippen LogP contribution >= 0.6 is 11.3 Å². The zero-order chi connectivity index (χ0) is 19.0. The van der Waals surface area contributed by atoms with Crippen molar-refractivity contribution in [2.24, 2.45) is 4.99 Å². The number of nitro groups is 1. The monoisotopic (exact) mass is 379 g/mol. The number of aromatic nitrogens is 1. The van der Waals surface area contributed by atoms with Gasteiger partial charge in [0.1, 0.15) is 11.3 Å². The van der Waals surface area contributed by atoms with Gasteiger partial charge in [0.05, 0.1) is 4.92 Å². The lowest BCUT2D eigenvalue weighted by molar-refractivity contribution is -0.384. The summed E-state index contributed by atoms with van der Waals surface area (Å²) in [5.74, 6) is -0.420. The summed E-state index contributed by atoms with van der Waals surface area (Å²) in [6, 6.07) is 15.3. The van der Waals surface area contributed by atoms with Gasteiger partial charge in [0, 0.05) is 22.5 Å². The van der Waals surface area contributed by atoms with E-state index in [9.17, 15) is 14.9 Å². The van der Waals surface area contributed by atoms with Gasteiger partial charge in [-0.3, -0.25) is 19.5 Å². The van der Waals surface area contributed by atoms with Crippen molar-refractivity contribution in [3.05, 3.63) is 86.3 Å². The normalized spacial score (nSPS) is 11.8. The number of para-hydroxylation sites is 3. The van der Waals surface area contributed by atoms with Crippen LogP contribution in [-0.2, 0) is 0 Å². The number of thiazole rings is 1. The third-order valence-electron chi connectivity index (χ3n) is 4.03. The zero-order valence-electron chi connectivity index (χ0n) is 14.2. The Balaban J connectivity index is 1.84. The fourth-order valence-electron chi connectivity index (χ4n) is 2.80. The van der Waals surface area contributed by atoms with E-state index in [0.717, 1.165) is 11.1 Å². The second-order valence-electron chi connectivity index (χ2n) is 5.81. The molecule has 7 nitrogen and oxygen atoms in total. The molecular formula is C19H13N3O4S. The second kappa shape index (κ2) is 6.65. The molecule has 2 aromatic heterocycles. The summed E-state index contributed by atoms with van der Waals surface area (Å²) >= 11 is 1.23. The molecule has 0 aliphatic carbocycles. The minimum Gasteiger partial charge on any atom is -0.451 e. The number of fused-ring (bicyclic) bond motifs is 1. The first-order valence-electron chi connectivity index (χ1n) is 8.03. The van der Waals surface area contributed by atoms with Crippen LogP contribution in [0.2, 0.25) is 0 Å². The summed E-state index contributed by atoms with van der Waals surface area (Å²) in [6.45, 7) is 1.80. The van der Waals surface area contributed by atoms with Gasteiger partial charge in [0.25, 0.3) is 5.69 Å². The Morgan fingerprint density at radius 1 is 1.19 bits per heavy atom. The maximum atomic E-state index is 12.6. The van der Waals surface area contributed by atoms with E-state index in [-0.39, 0.29) is 11.4 Å². The number of hydrogen-bond acceptors (Lipinski definition) is 5. The van der Waals surface area contributed by atoms with Crippen LogP contribution in [0.3, 0.4) is 0 Å². The first kappa shape index (κ1) is 16.9. The van der Waals surface area contributed by atoms with Crippen LogP contribution in [0.25, 0.3) is 16.7 Å². The van der Waals surface area contributed by atoms with Crippen LogP contribution in [0.5, 0.6) is 0 Å². The Morgan fingerprint density at radius 2 is 1.93 bits per heavy atom. The first-order valence-corrected chi connectivity index (χ1v) is 8.91. The van der Waals surface area contributed by atoms with Crippen molar-refractivity contribution < 1.29 is 14.1 Å². The van der Waals surface area contributed by atoms with Crippen LogP contribution in [0.15, 0.2) is 69.4 Å². The van der Waals surface area contributed by atoms with E-state index in [4.69, 9.17) is 4.42 Å². The largest absolute Gasteiger partial charge is 0.451 e. The summed E-state index contributed by atoms with van der Waals surface area (Å²) in [5.41, 5.74) is 1.64. The van der Waals surface area contributed by atoms with Crippen LogP contribution in [-0.4, -0.2) is 15.4 Å². The van der Waals surface area contributed by atoms with E-state index < -0.39 is 10.8 Å². The summed E-state index contributed by atoms with van der Waals surface area (Å²) in [6.07, 6.45) is 0. The smallest absolute Gasteiger partial charge is 0.315 e. The lowest BCUT2D eigenvalue weighted by Gasteiger charge is -2.06. The van der Waals surface area contributed by atoms with Crippen LogP contribution in [0.1, 0.15) is 16.2 Å². The lowest BCUT2D eigenvalue weighted by Crippen LogP contribution is -2.17. The number of aryl methyl sites for hydroxylation is 1. The summed E-state index contributed by atoms with van der Waals surface area (Å²) in [4.78, 5) is 28.0. The molecule has 0 aliphatic rings. The Kier molecular flexibility index (Phi) is 4.17. The molecule has 0 spiro atoms. The molecule has 4 aromatic rings. The topological polar surface area (TPSA) is 90.6 Å². The molecule has 0 saturated carbocycles. The molecule has 0 N–H and O–H groups in total. The fourth-order valence-corrected chi connectivity index (χ4v) is 3.67. The molecule has 1 amide bonds. The Bertz CT molecular complexity index is 1220. The number of nitro benzene ring substituents is 1. The molecule has 0 unspecified atom stereocenters. The van der Waals surface area contributed by atoms with Gasteiger partial charge in [0.2, 0.25) is 0 Å². The summed E-state index contributed by atoms with van der Waals surface area (Å²) in [7, 11) is 0. The average molecular weight is 379 g/mol. The maximum absolute atomic E-state index is 12.6. The highest BCUT2D eigenvalue weighted by molar-refractivity contribution is 7.07. The van der Waals surface area contributed by atoms with E-state index in [2.05, 4.69) is 4.99 Å². The number of furan rings is 1. The Labute approximate surface area is 157 Å². The molecule has 27 heavy (non-hydrogen) atoms. The number of benzene rings is 2. The second-order valence-corrected chi connectivity index (χ2v) is 6.64. The van der Waals surface area contributed by atoms with E-state index in [1.54, 1.807) is 47.2 Å². The van der Waals surface area contributed by atoms with Crippen molar-refractivity contribution in [3.8, 4) is 5.69 Å². The number of rotatable bonds is 3. The van der Waals surface area contributed by atoms with Gasteiger partial charge in [-0.05, 0) is 25.1 Å². The molecule has 134 valence electrons. The van der Waals surface area contributed by atoms with Gasteiger partial charge in [-0.1, -0.05) is 30.3 Å². The molecule has 0 atom stereocenters. The minimum atomic E-state index is -0.541. The summed E-state index contributed by atoms with van der Waals surface area (Å²) < 4.78 is 7.16. The highest BCUT2D eigenvalue weighted by atomic mass is 32.1. The molecule has 0 aliphatic heterocycles. The van der Waals surface area contributed by atoms with Crippen molar-refractivity contribution in [3.63, 3.8) is 0 Å². The van der Waals surface area contributed by atoms with E-state index >= 15 is 0 Å². The van der Waals surface area contributed by atoms with Crippen molar-refractivity contribution in [1.82, 2.24) is 4.57 Å². The molecule has 8 heteroatoms. The lowest BCUT2D eigenvalue weighted by atomic mass is 10.2. The van der Waals surface area contributed by atoms with E-state index in [1.165, 1.54) is 17.4 Å². The molecule has 0 saturated heterocycles. The summed E-state index contributed by atoms with van der Waals surface area (Å²) in [5, 5.41) is 14.0. The number of carbonyl (C=O) groups excluding carboxylic acids is 1. The fraction of sp³-hybridized carbons (Fsp3) is 0.0526. The van der Waals surface area contributed by atoms with Gasteiger partial charge < -0.3 is 4.42 Å². The van der Waals surface area contributed by atoms with Gasteiger partial charge >= 0.3 is 5.91 Å². The highest BCUT2D eigenvalue weighted by Gasteiger charge is 2.18. The SMILES string of the molecule is Cc1csc(=NC(=O)c2cc3ccccc3o2)n1-c1ccccc1[N+](=O)[O-]. The molecule has 0 radical (unpaired) electrons. The third kappa shape index (κ3) is 3.06. The molecule has 2 heterocycles. The predicted octanol–water partition coefficient (Wildman–Crippen LogP) is 4.24. The molecule has 0 bridgehead atoms. The van der Waals surface area contributed by atoms with Crippen LogP contribution < -0.4 is 4.80 Å². The predicted molar refractivity (Wildman–Crippen MR) is 101 cm³/mol. The number of hydrogen-bond donors (Lipinski definition) is 0. The van der Waals surface area contributed by atoms with Gasteiger partial charge in [-0.25, -0.2) is 0 Å². The molecule has 2 aromatic carbocycles. The maximum Gasteiger partial charge on any atom is 0.315 e. The standard InChI is InChI=1S/C19H13N3O4S/c1-12-11-27-19(21(12)14-7-3-4-8-15(14)22(24)25)20-18(23)17-10-13-6-2-5-9-16(13)26-17/h2-11H,1H3. The van der Waals surface area contributed by atoms with Gasteiger partial charge in [-0.2, -0.15) is 4.99 Å².